The lowest BCUT2D eigenvalue weighted by Crippen LogP contribution is -2.42. The number of benzene rings is 2. The average molecular weight is 363 g/mol. The maximum absolute atomic E-state index is 12.9. The molecule has 2 heterocycles. The van der Waals surface area contributed by atoms with Crippen LogP contribution in [0.4, 0.5) is 5.69 Å². The monoisotopic (exact) mass is 363 g/mol. The smallest absolute Gasteiger partial charge is 0.375 e. The fraction of sp³-hybridized carbons (Fsp3) is 0.273. The number of hydrogen-bond donors (Lipinski definition) is 0. The van der Waals surface area contributed by atoms with E-state index in [1.807, 2.05) is 49.4 Å². The molecule has 0 radical (unpaired) electrons. The molecule has 27 heavy (non-hydrogen) atoms. The minimum Gasteiger partial charge on any atom is -0.449 e. The maximum Gasteiger partial charge on any atom is 0.375 e. The van der Waals surface area contributed by atoms with Crippen LogP contribution in [-0.4, -0.2) is 24.5 Å². The summed E-state index contributed by atoms with van der Waals surface area (Å²) in [5.41, 5.74) is 3.39. The van der Waals surface area contributed by atoms with E-state index in [2.05, 4.69) is 0 Å². The van der Waals surface area contributed by atoms with Gasteiger partial charge in [0.15, 0.2) is 6.10 Å². The Labute approximate surface area is 157 Å². The molecule has 1 aromatic heterocycles. The molecule has 0 N–H and O–H groups in total. The van der Waals surface area contributed by atoms with E-state index in [9.17, 15) is 9.59 Å². The molecule has 1 aliphatic rings. The SMILES string of the molecule is Cc1c(C(=O)OC(C)C(=O)N2CCCc3ccccc32)oc2ccccc12. The molecule has 0 bridgehead atoms. The molecule has 0 saturated heterocycles. The van der Waals surface area contributed by atoms with Gasteiger partial charge < -0.3 is 14.1 Å². The molecule has 0 saturated carbocycles. The van der Waals surface area contributed by atoms with Crippen LogP contribution in [-0.2, 0) is 16.0 Å². The molecular weight excluding hydrogens is 342 g/mol. The molecule has 138 valence electrons. The van der Waals surface area contributed by atoms with Crippen LogP contribution in [0.15, 0.2) is 52.9 Å². The molecule has 0 fully saturated rings. The van der Waals surface area contributed by atoms with Gasteiger partial charge in [0, 0.05) is 23.2 Å². The number of nitrogens with zero attached hydrogens (tertiary/aromatic N) is 1. The number of amides is 1. The van der Waals surface area contributed by atoms with Crippen LogP contribution in [0, 0.1) is 6.92 Å². The molecule has 1 atom stereocenters. The lowest BCUT2D eigenvalue weighted by atomic mass is 10.0. The molecule has 0 aliphatic carbocycles. The van der Waals surface area contributed by atoms with Crippen molar-refractivity contribution in [2.75, 3.05) is 11.4 Å². The molecule has 3 aromatic rings. The summed E-state index contributed by atoms with van der Waals surface area (Å²) < 4.78 is 11.1. The summed E-state index contributed by atoms with van der Waals surface area (Å²) in [6.45, 7) is 4.05. The van der Waals surface area contributed by atoms with E-state index in [0.717, 1.165) is 35.0 Å². The predicted octanol–water partition coefficient (Wildman–Crippen LogP) is 4.27. The second kappa shape index (κ2) is 6.91. The summed E-state index contributed by atoms with van der Waals surface area (Å²) >= 11 is 0. The Balaban J connectivity index is 1.53. The van der Waals surface area contributed by atoms with Crippen LogP contribution in [0.2, 0.25) is 0 Å². The third-order valence-electron chi connectivity index (χ3n) is 5.04. The Bertz CT molecular complexity index is 1020. The first kappa shape index (κ1) is 17.3. The zero-order valence-electron chi connectivity index (χ0n) is 15.4. The van der Waals surface area contributed by atoms with Gasteiger partial charge in [-0.1, -0.05) is 36.4 Å². The van der Waals surface area contributed by atoms with Gasteiger partial charge in [0.25, 0.3) is 5.91 Å². The van der Waals surface area contributed by atoms with E-state index < -0.39 is 12.1 Å². The average Bonchev–Trinajstić information content (AvgIpc) is 3.04. The highest BCUT2D eigenvalue weighted by Crippen LogP contribution is 2.28. The van der Waals surface area contributed by atoms with E-state index in [0.29, 0.717) is 12.1 Å². The summed E-state index contributed by atoms with van der Waals surface area (Å²) in [6, 6.07) is 15.3. The van der Waals surface area contributed by atoms with Crippen molar-refractivity contribution >= 4 is 28.5 Å². The number of anilines is 1. The summed E-state index contributed by atoms with van der Waals surface area (Å²) in [7, 11) is 0. The Morgan fingerprint density at radius 1 is 1.11 bits per heavy atom. The number of ether oxygens (including phenoxy) is 1. The first-order valence-electron chi connectivity index (χ1n) is 9.14. The maximum atomic E-state index is 12.9. The summed E-state index contributed by atoms with van der Waals surface area (Å²) in [4.78, 5) is 27.2. The quantitative estimate of drug-likeness (QED) is 0.652. The van der Waals surface area contributed by atoms with Crippen LogP contribution in [0.3, 0.4) is 0 Å². The lowest BCUT2D eigenvalue weighted by molar-refractivity contribution is -0.126. The van der Waals surface area contributed by atoms with Gasteiger partial charge in [0.2, 0.25) is 5.76 Å². The van der Waals surface area contributed by atoms with Gasteiger partial charge >= 0.3 is 5.97 Å². The number of carbonyl (C=O) groups is 2. The van der Waals surface area contributed by atoms with Crippen LogP contribution in [0.1, 0.15) is 35.0 Å². The molecular formula is C22H21NO4. The van der Waals surface area contributed by atoms with Gasteiger partial charge in [0.1, 0.15) is 5.58 Å². The standard InChI is InChI=1S/C22H21NO4/c1-14-17-10-4-6-12-19(17)27-20(14)22(25)26-15(2)21(24)23-13-7-9-16-8-3-5-11-18(16)23/h3-6,8,10-12,15H,7,9,13H2,1-2H3. The van der Waals surface area contributed by atoms with E-state index >= 15 is 0 Å². The van der Waals surface area contributed by atoms with E-state index in [1.165, 1.54) is 0 Å². The number of carbonyl (C=O) groups excluding carboxylic acids is 2. The normalized spacial score (nSPS) is 14.7. The van der Waals surface area contributed by atoms with Crippen molar-refractivity contribution in [2.24, 2.45) is 0 Å². The van der Waals surface area contributed by atoms with Gasteiger partial charge in [-0.2, -0.15) is 0 Å². The van der Waals surface area contributed by atoms with Crippen molar-refractivity contribution < 1.29 is 18.7 Å². The number of aryl methyl sites for hydroxylation is 2. The summed E-state index contributed by atoms with van der Waals surface area (Å²) in [6.07, 6.45) is 0.953. The third-order valence-corrected chi connectivity index (χ3v) is 5.04. The number of furan rings is 1. The molecule has 0 spiro atoms. The highest BCUT2D eigenvalue weighted by atomic mass is 16.6. The predicted molar refractivity (Wildman–Crippen MR) is 103 cm³/mol. The lowest BCUT2D eigenvalue weighted by Gasteiger charge is -2.31. The van der Waals surface area contributed by atoms with E-state index in [4.69, 9.17) is 9.15 Å². The topological polar surface area (TPSA) is 59.8 Å². The highest BCUT2D eigenvalue weighted by Gasteiger charge is 2.30. The Morgan fingerprint density at radius 2 is 1.85 bits per heavy atom. The Kier molecular flexibility index (Phi) is 4.44. The van der Waals surface area contributed by atoms with Crippen LogP contribution in [0.25, 0.3) is 11.0 Å². The first-order chi connectivity index (χ1) is 13.1. The summed E-state index contributed by atoms with van der Waals surface area (Å²) in [5, 5.41) is 0.869. The third kappa shape index (κ3) is 3.10. The second-order valence-electron chi connectivity index (χ2n) is 6.82. The minimum absolute atomic E-state index is 0.148. The van der Waals surface area contributed by atoms with Crippen molar-refractivity contribution in [1.82, 2.24) is 0 Å². The highest BCUT2D eigenvalue weighted by molar-refractivity contribution is 6.01. The van der Waals surface area contributed by atoms with Gasteiger partial charge in [0.05, 0.1) is 0 Å². The summed E-state index contributed by atoms with van der Waals surface area (Å²) in [5.74, 6) is -0.686. The number of rotatable bonds is 3. The van der Waals surface area contributed by atoms with Crippen molar-refractivity contribution in [3.8, 4) is 0 Å². The Hall–Kier alpha value is -3.08. The first-order valence-corrected chi connectivity index (χ1v) is 9.14. The van der Waals surface area contributed by atoms with Crippen molar-refractivity contribution in [3.05, 3.63) is 65.4 Å². The van der Waals surface area contributed by atoms with Gasteiger partial charge in [-0.25, -0.2) is 4.79 Å². The van der Waals surface area contributed by atoms with Crippen molar-refractivity contribution in [1.29, 1.82) is 0 Å². The van der Waals surface area contributed by atoms with Gasteiger partial charge in [-0.15, -0.1) is 0 Å². The van der Waals surface area contributed by atoms with Crippen LogP contribution in [0.5, 0.6) is 0 Å². The van der Waals surface area contributed by atoms with Crippen molar-refractivity contribution in [2.45, 2.75) is 32.8 Å². The van der Waals surface area contributed by atoms with E-state index in [1.54, 1.807) is 17.9 Å². The molecule has 1 aliphatic heterocycles. The van der Waals surface area contributed by atoms with Crippen LogP contribution < -0.4 is 4.90 Å². The van der Waals surface area contributed by atoms with Crippen molar-refractivity contribution in [3.63, 3.8) is 0 Å². The zero-order chi connectivity index (χ0) is 19.0. The molecule has 5 nitrogen and oxygen atoms in total. The number of hydrogen-bond acceptors (Lipinski definition) is 4. The molecule has 5 heteroatoms. The number of esters is 1. The molecule has 1 unspecified atom stereocenters. The van der Waals surface area contributed by atoms with Gasteiger partial charge in [-0.3, -0.25) is 4.79 Å². The molecule has 1 amide bonds. The minimum atomic E-state index is -0.892. The zero-order valence-corrected chi connectivity index (χ0v) is 15.4. The molecule has 2 aromatic carbocycles. The largest absolute Gasteiger partial charge is 0.449 e. The number of para-hydroxylation sites is 2. The van der Waals surface area contributed by atoms with Crippen LogP contribution >= 0.6 is 0 Å². The fourth-order valence-electron chi connectivity index (χ4n) is 3.62. The molecule has 4 rings (SSSR count). The second-order valence-corrected chi connectivity index (χ2v) is 6.82. The van der Waals surface area contributed by atoms with Gasteiger partial charge in [-0.05, 0) is 44.4 Å². The van der Waals surface area contributed by atoms with E-state index in [-0.39, 0.29) is 11.7 Å². The number of fused-ring (bicyclic) bond motifs is 2. The fourth-order valence-corrected chi connectivity index (χ4v) is 3.62. The Morgan fingerprint density at radius 3 is 2.67 bits per heavy atom.